The van der Waals surface area contributed by atoms with Crippen molar-refractivity contribution in [3.8, 4) is 11.5 Å². The summed E-state index contributed by atoms with van der Waals surface area (Å²) in [5, 5.41) is 13.1. The van der Waals surface area contributed by atoms with Gasteiger partial charge in [0.1, 0.15) is 6.10 Å². The molecule has 2 heterocycles. The monoisotopic (exact) mass is 389 g/mol. The van der Waals surface area contributed by atoms with Gasteiger partial charge in [-0.3, -0.25) is 4.79 Å². The zero-order valence-electron chi connectivity index (χ0n) is 17.0. The molecule has 3 atom stereocenters. The number of aliphatic hydroxyl groups excluding tert-OH is 1. The summed E-state index contributed by atoms with van der Waals surface area (Å²) in [7, 11) is 0. The second-order valence-corrected chi connectivity index (χ2v) is 9.30. The van der Waals surface area contributed by atoms with Gasteiger partial charge in [0, 0.05) is 30.9 Å². The quantitative estimate of drug-likeness (QED) is 0.772. The van der Waals surface area contributed by atoms with Gasteiger partial charge in [0.2, 0.25) is 6.41 Å². The Bertz CT molecular complexity index is 735. The van der Waals surface area contributed by atoms with E-state index < -0.39 is 5.79 Å². The van der Waals surface area contributed by atoms with Gasteiger partial charge in [-0.1, -0.05) is 33.3 Å². The molecule has 3 aliphatic rings. The van der Waals surface area contributed by atoms with Gasteiger partial charge < -0.3 is 24.6 Å². The van der Waals surface area contributed by atoms with E-state index in [4.69, 9.17) is 14.2 Å². The van der Waals surface area contributed by atoms with Crippen molar-refractivity contribution < 1.29 is 24.1 Å². The van der Waals surface area contributed by atoms with Crippen LogP contribution in [0.2, 0.25) is 0 Å². The maximum absolute atomic E-state index is 10.9. The second kappa shape index (κ2) is 7.23. The van der Waals surface area contributed by atoms with Gasteiger partial charge in [-0.25, -0.2) is 0 Å². The van der Waals surface area contributed by atoms with Crippen LogP contribution in [0.4, 0.5) is 0 Å². The highest BCUT2D eigenvalue weighted by atomic mass is 16.7. The molecule has 154 valence electrons. The molecule has 28 heavy (non-hydrogen) atoms. The number of amides is 1. The summed E-state index contributed by atoms with van der Waals surface area (Å²) in [5.41, 5.74) is 1.75. The SMILES string of the molecule is CC(C)(C)C1OC(CNC=O)c2ccc3c(c2C1CO)OC1(CCCCC1)O3. The van der Waals surface area contributed by atoms with Crippen molar-refractivity contribution >= 4 is 6.41 Å². The molecule has 1 amide bonds. The van der Waals surface area contributed by atoms with Crippen molar-refractivity contribution in [1.82, 2.24) is 5.32 Å². The number of ether oxygens (including phenoxy) is 3. The minimum absolute atomic E-state index is 0.0322. The highest BCUT2D eigenvalue weighted by molar-refractivity contribution is 5.57. The molecule has 1 aliphatic carbocycles. The van der Waals surface area contributed by atoms with Crippen molar-refractivity contribution in [3.05, 3.63) is 23.3 Å². The van der Waals surface area contributed by atoms with Crippen LogP contribution in [0, 0.1) is 5.41 Å². The lowest BCUT2D eigenvalue weighted by molar-refractivity contribution is -0.116. The first-order chi connectivity index (χ1) is 13.4. The average Bonchev–Trinajstić information content (AvgIpc) is 3.02. The minimum Gasteiger partial charge on any atom is -0.448 e. The first kappa shape index (κ1) is 19.5. The first-order valence-corrected chi connectivity index (χ1v) is 10.4. The van der Waals surface area contributed by atoms with Gasteiger partial charge in [-0.15, -0.1) is 0 Å². The van der Waals surface area contributed by atoms with Crippen LogP contribution in [0.1, 0.15) is 76.0 Å². The number of carbonyl (C=O) groups excluding carboxylic acids is 1. The fourth-order valence-electron chi connectivity index (χ4n) is 4.95. The van der Waals surface area contributed by atoms with Crippen LogP contribution in [0.25, 0.3) is 0 Å². The maximum atomic E-state index is 10.9. The third-order valence-corrected chi connectivity index (χ3v) is 6.22. The zero-order chi connectivity index (χ0) is 19.9. The molecule has 1 aromatic carbocycles. The third kappa shape index (κ3) is 3.26. The number of benzene rings is 1. The lowest BCUT2D eigenvalue weighted by Crippen LogP contribution is -2.44. The van der Waals surface area contributed by atoms with Crippen molar-refractivity contribution in [2.24, 2.45) is 5.41 Å². The largest absolute Gasteiger partial charge is 0.448 e. The Morgan fingerprint density at radius 3 is 2.61 bits per heavy atom. The fraction of sp³-hybridized carbons (Fsp3) is 0.682. The molecule has 6 nitrogen and oxygen atoms in total. The Balaban J connectivity index is 1.79. The predicted molar refractivity (Wildman–Crippen MR) is 104 cm³/mol. The smallest absolute Gasteiger partial charge is 0.251 e. The Hall–Kier alpha value is -1.79. The standard InChI is InChI=1S/C22H31NO5/c1-21(2,3)20-15(12-24)18-14(17(26-20)11-23-13-25)7-8-16-19(18)28-22(27-16)9-5-4-6-10-22/h7-8,13,15,17,20,24H,4-6,9-12H2,1-3H3,(H,23,25). The van der Waals surface area contributed by atoms with Gasteiger partial charge >= 0.3 is 0 Å². The van der Waals surface area contributed by atoms with Crippen molar-refractivity contribution in [1.29, 1.82) is 0 Å². The van der Waals surface area contributed by atoms with E-state index in [2.05, 4.69) is 26.1 Å². The molecule has 1 fully saturated rings. The molecule has 2 N–H and O–H groups in total. The van der Waals surface area contributed by atoms with Crippen molar-refractivity contribution in [2.75, 3.05) is 13.2 Å². The van der Waals surface area contributed by atoms with E-state index in [-0.39, 0.29) is 30.1 Å². The van der Waals surface area contributed by atoms with Gasteiger partial charge in [0.25, 0.3) is 5.79 Å². The third-order valence-electron chi connectivity index (χ3n) is 6.22. The van der Waals surface area contributed by atoms with E-state index in [1.807, 2.05) is 12.1 Å². The van der Waals surface area contributed by atoms with Crippen molar-refractivity contribution in [3.63, 3.8) is 0 Å². The van der Waals surface area contributed by atoms with Gasteiger partial charge in [0.05, 0.1) is 12.7 Å². The summed E-state index contributed by atoms with van der Waals surface area (Å²) in [6.07, 6.45) is 5.37. The summed E-state index contributed by atoms with van der Waals surface area (Å²) in [5.74, 6) is 0.740. The molecule has 1 spiro atoms. The van der Waals surface area contributed by atoms with Crippen molar-refractivity contribution in [2.45, 2.75) is 76.8 Å². The van der Waals surface area contributed by atoms with Crippen LogP contribution in [-0.4, -0.2) is 36.6 Å². The summed E-state index contributed by atoms with van der Waals surface area (Å²) in [6.45, 7) is 6.68. The Morgan fingerprint density at radius 1 is 1.21 bits per heavy atom. The molecule has 0 saturated heterocycles. The zero-order valence-corrected chi connectivity index (χ0v) is 17.0. The van der Waals surface area contributed by atoms with E-state index in [9.17, 15) is 9.90 Å². The van der Waals surface area contributed by atoms with Gasteiger partial charge in [-0.2, -0.15) is 0 Å². The molecule has 0 aromatic heterocycles. The molecule has 0 bridgehead atoms. The van der Waals surface area contributed by atoms with Crippen LogP contribution in [0.5, 0.6) is 11.5 Å². The first-order valence-electron chi connectivity index (χ1n) is 10.4. The van der Waals surface area contributed by atoms with Gasteiger partial charge in [-0.05, 0) is 29.9 Å². The van der Waals surface area contributed by atoms with Gasteiger partial charge in [0.15, 0.2) is 11.5 Å². The number of nitrogens with one attached hydrogen (secondary N) is 1. The average molecular weight is 389 g/mol. The molecule has 6 heteroatoms. The molecule has 0 radical (unpaired) electrons. The lowest BCUT2D eigenvalue weighted by Gasteiger charge is -2.44. The number of carbonyl (C=O) groups is 1. The Morgan fingerprint density at radius 2 is 1.96 bits per heavy atom. The maximum Gasteiger partial charge on any atom is 0.251 e. The highest BCUT2D eigenvalue weighted by Gasteiger charge is 2.49. The number of rotatable bonds is 4. The topological polar surface area (TPSA) is 77.0 Å². The number of hydrogen-bond donors (Lipinski definition) is 2. The molecule has 1 aromatic rings. The van der Waals surface area contributed by atoms with E-state index in [0.717, 1.165) is 48.3 Å². The van der Waals surface area contributed by atoms with E-state index in [1.54, 1.807) is 0 Å². The molecular formula is C22H31NO5. The summed E-state index contributed by atoms with van der Waals surface area (Å²) in [4.78, 5) is 10.9. The molecular weight excluding hydrogens is 358 g/mol. The Labute approximate surface area is 166 Å². The van der Waals surface area contributed by atoms with Crippen LogP contribution in [0.15, 0.2) is 12.1 Å². The Kier molecular flexibility index (Phi) is 5.04. The van der Waals surface area contributed by atoms with Crippen LogP contribution in [-0.2, 0) is 9.53 Å². The number of hydrogen-bond acceptors (Lipinski definition) is 5. The minimum atomic E-state index is -0.568. The normalized spacial score (nSPS) is 28.1. The summed E-state index contributed by atoms with van der Waals surface area (Å²) < 4.78 is 19.2. The molecule has 4 rings (SSSR count). The summed E-state index contributed by atoms with van der Waals surface area (Å²) in [6, 6.07) is 3.94. The van der Waals surface area contributed by atoms with E-state index in [1.165, 1.54) is 6.42 Å². The highest BCUT2D eigenvalue weighted by Crippen LogP contribution is 2.55. The molecule has 1 saturated carbocycles. The van der Waals surface area contributed by atoms with E-state index in [0.29, 0.717) is 13.0 Å². The molecule has 2 aliphatic heterocycles. The van der Waals surface area contributed by atoms with Crippen LogP contribution in [0.3, 0.4) is 0 Å². The molecule has 3 unspecified atom stereocenters. The fourth-order valence-corrected chi connectivity index (χ4v) is 4.95. The predicted octanol–water partition coefficient (Wildman–Crippen LogP) is 3.43. The van der Waals surface area contributed by atoms with E-state index >= 15 is 0 Å². The second-order valence-electron chi connectivity index (χ2n) is 9.30. The lowest BCUT2D eigenvalue weighted by atomic mass is 9.74. The summed E-state index contributed by atoms with van der Waals surface area (Å²) >= 11 is 0. The van der Waals surface area contributed by atoms with Crippen LogP contribution >= 0.6 is 0 Å². The van der Waals surface area contributed by atoms with Crippen LogP contribution < -0.4 is 14.8 Å². The number of fused-ring (bicyclic) bond motifs is 3. The number of aliphatic hydroxyl groups is 1.